The number of nitrogens with one attached hydrogen (secondary N) is 1. The van der Waals surface area contributed by atoms with Gasteiger partial charge in [0, 0.05) is 10.0 Å². The topological polar surface area (TPSA) is 12.0 Å². The summed E-state index contributed by atoms with van der Waals surface area (Å²) >= 11 is 6.71. The third kappa shape index (κ3) is 3.07. The van der Waals surface area contributed by atoms with E-state index >= 15 is 0 Å². The highest BCUT2D eigenvalue weighted by Crippen LogP contribution is 2.31. The fourth-order valence-electron chi connectivity index (χ4n) is 2.14. The second kappa shape index (κ2) is 6.16. The van der Waals surface area contributed by atoms with E-state index in [2.05, 4.69) is 37.2 Å². The minimum Gasteiger partial charge on any atom is -0.309 e. The number of halogens is 3. The Bertz CT molecular complexity index is 597. The highest BCUT2D eigenvalue weighted by molar-refractivity contribution is 9.10. The molecule has 0 amide bonds. The maximum absolute atomic E-state index is 14.3. The molecule has 0 aliphatic heterocycles. The van der Waals surface area contributed by atoms with E-state index in [4.69, 9.17) is 0 Å². The zero-order valence-electron chi connectivity index (χ0n) is 10.7. The van der Waals surface area contributed by atoms with Crippen LogP contribution in [0.3, 0.4) is 0 Å². The number of hydrogen-bond acceptors (Lipinski definition) is 1. The molecule has 0 fully saturated rings. The third-order valence-corrected chi connectivity index (χ3v) is 4.24. The van der Waals surface area contributed by atoms with Crippen molar-refractivity contribution in [2.75, 3.05) is 7.05 Å². The molecule has 4 heteroatoms. The van der Waals surface area contributed by atoms with Crippen molar-refractivity contribution in [3.63, 3.8) is 0 Å². The van der Waals surface area contributed by atoms with E-state index in [0.29, 0.717) is 10.0 Å². The van der Waals surface area contributed by atoms with Gasteiger partial charge < -0.3 is 5.32 Å². The maximum atomic E-state index is 14.3. The van der Waals surface area contributed by atoms with Gasteiger partial charge >= 0.3 is 0 Å². The molecule has 0 radical (unpaired) electrons. The minimum atomic E-state index is -0.221. The van der Waals surface area contributed by atoms with Gasteiger partial charge in [0.05, 0.1) is 10.5 Å². The summed E-state index contributed by atoms with van der Waals surface area (Å²) in [4.78, 5) is 0. The van der Waals surface area contributed by atoms with Crippen LogP contribution in [0, 0.1) is 12.7 Å². The number of aryl methyl sites for hydroxylation is 1. The molecule has 1 unspecified atom stereocenters. The van der Waals surface area contributed by atoms with Crippen molar-refractivity contribution >= 4 is 31.9 Å². The van der Waals surface area contributed by atoms with Gasteiger partial charge in [0.2, 0.25) is 0 Å². The summed E-state index contributed by atoms with van der Waals surface area (Å²) in [7, 11) is 1.84. The van der Waals surface area contributed by atoms with Crippen molar-refractivity contribution in [1.29, 1.82) is 0 Å². The highest BCUT2D eigenvalue weighted by atomic mass is 79.9. The molecule has 2 aromatic carbocycles. The molecule has 2 aromatic rings. The van der Waals surface area contributed by atoms with Crippen LogP contribution in [0.25, 0.3) is 0 Å². The molecule has 0 spiro atoms. The lowest BCUT2D eigenvalue weighted by atomic mass is 9.95. The van der Waals surface area contributed by atoms with Crippen LogP contribution in [0.5, 0.6) is 0 Å². The van der Waals surface area contributed by atoms with Gasteiger partial charge in [-0.25, -0.2) is 4.39 Å². The van der Waals surface area contributed by atoms with E-state index in [1.807, 2.05) is 44.3 Å². The molecule has 0 bridgehead atoms. The van der Waals surface area contributed by atoms with Crippen LogP contribution in [-0.2, 0) is 0 Å². The van der Waals surface area contributed by atoms with E-state index in [-0.39, 0.29) is 11.9 Å². The fourth-order valence-corrected chi connectivity index (χ4v) is 2.90. The molecule has 1 N–H and O–H groups in total. The number of hydrogen-bond donors (Lipinski definition) is 1. The van der Waals surface area contributed by atoms with Crippen LogP contribution in [0.4, 0.5) is 4.39 Å². The summed E-state index contributed by atoms with van der Waals surface area (Å²) in [6.45, 7) is 2.03. The van der Waals surface area contributed by atoms with Crippen LogP contribution in [-0.4, -0.2) is 7.05 Å². The molecule has 0 aliphatic rings. The Morgan fingerprint density at radius 3 is 2.53 bits per heavy atom. The lowest BCUT2D eigenvalue weighted by Gasteiger charge is -2.20. The Hall–Kier alpha value is -0.710. The van der Waals surface area contributed by atoms with Crippen molar-refractivity contribution < 1.29 is 4.39 Å². The van der Waals surface area contributed by atoms with E-state index in [9.17, 15) is 4.39 Å². The van der Waals surface area contributed by atoms with Gasteiger partial charge in [0.25, 0.3) is 0 Å². The summed E-state index contributed by atoms with van der Waals surface area (Å²) in [5.41, 5.74) is 2.83. The summed E-state index contributed by atoms with van der Waals surface area (Å²) < 4.78 is 15.7. The molecule has 0 aromatic heterocycles. The van der Waals surface area contributed by atoms with Gasteiger partial charge in [-0.05, 0) is 59.2 Å². The van der Waals surface area contributed by atoms with Gasteiger partial charge in [-0.2, -0.15) is 0 Å². The average Bonchev–Trinajstić information content (AvgIpc) is 2.39. The first-order valence-corrected chi connectivity index (χ1v) is 7.50. The Morgan fingerprint density at radius 2 is 1.84 bits per heavy atom. The predicted molar refractivity (Wildman–Crippen MR) is 83.9 cm³/mol. The first-order chi connectivity index (χ1) is 9.04. The van der Waals surface area contributed by atoms with Gasteiger partial charge in [-0.1, -0.05) is 34.1 Å². The molecular formula is C15H14Br2FN. The van der Waals surface area contributed by atoms with Crippen LogP contribution in [0.15, 0.2) is 45.3 Å². The quantitative estimate of drug-likeness (QED) is 0.785. The average molecular weight is 387 g/mol. The third-order valence-electron chi connectivity index (χ3n) is 3.13. The lowest BCUT2D eigenvalue weighted by Crippen LogP contribution is -2.20. The first-order valence-electron chi connectivity index (χ1n) is 5.92. The molecule has 1 atom stereocenters. The lowest BCUT2D eigenvalue weighted by molar-refractivity contribution is 0.570. The zero-order chi connectivity index (χ0) is 14.0. The van der Waals surface area contributed by atoms with Crippen molar-refractivity contribution in [2.45, 2.75) is 13.0 Å². The highest BCUT2D eigenvalue weighted by Gasteiger charge is 2.19. The smallest absolute Gasteiger partial charge is 0.142 e. The molecule has 19 heavy (non-hydrogen) atoms. The van der Waals surface area contributed by atoms with Crippen LogP contribution >= 0.6 is 31.9 Å². The molecule has 0 aliphatic carbocycles. The second-order valence-corrected chi connectivity index (χ2v) is 6.14. The van der Waals surface area contributed by atoms with E-state index < -0.39 is 0 Å². The summed E-state index contributed by atoms with van der Waals surface area (Å²) in [5.74, 6) is -0.221. The van der Waals surface area contributed by atoms with Gasteiger partial charge in [0.1, 0.15) is 5.82 Å². The molecule has 2 rings (SSSR count). The van der Waals surface area contributed by atoms with E-state index in [1.54, 1.807) is 6.07 Å². The summed E-state index contributed by atoms with van der Waals surface area (Å²) in [6, 6.07) is 11.2. The molecule has 0 heterocycles. The molecule has 100 valence electrons. The van der Waals surface area contributed by atoms with Crippen molar-refractivity contribution in [1.82, 2.24) is 5.32 Å². The van der Waals surface area contributed by atoms with E-state index in [1.165, 1.54) is 0 Å². The predicted octanol–water partition coefficient (Wildman–Crippen LogP) is 4.97. The molecular weight excluding hydrogens is 373 g/mol. The Balaban J connectivity index is 2.56. The Kier molecular flexibility index (Phi) is 4.76. The normalized spacial score (nSPS) is 12.5. The second-order valence-electron chi connectivity index (χ2n) is 4.37. The molecule has 0 saturated carbocycles. The van der Waals surface area contributed by atoms with Crippen molar-refractivity contribution in [3.05, 3.63) is 67.9 Å². The van der Waals surface area contributed by atoms with Gasteiger partial charge in [-0.15, -0.1) is 0 Å². The van der Waals surface area contributed by atoms with Crippen molar-refractivity contribution in [3.8, 4) is 0 Å². The van der Waals surface area contributed by atoms with Crippen LogP contribution < -0.4 is 5.32 Å². The molecule has 1 nitrogen and oxygen atoms in total. The number of rotatable bonds is 3. The zero-order valence-corrected chi connectivity index (χ0v) is 13.8. The maximum Gasteiger partial charge on any atom is 0.142 e. The standard InChI is InChI=1S/C15H14Br2FN/c1-9-6-7-10(16)8-12(9)15(19-2)11-4-3-5-13(17)14(11)18/h3-8,15,19H,1-2H3. The fraction of sp³-hybridized carbons (Fsp3) is 0.200. The number of benzene rings is 2. The SMILES string of the molecule is CNC(c1cc(Br)ccc1C)c1cccc(Br)c1F. The van der Waals surface area contributed by atoms with Crippen LogP contribution in [0.2, 0.25) is 0 Å². The Morgan fingerprint density at radius 1 is 1.11 bits per heavy atom. The van der Waals surface area contributed by atoms with Crippen molar-refractivity contribution in [2.24, 2.45) is 0 Å². The van der Waals surface area contributed by atoms with Gasteiger partial charge in [0.15, 0.2) is 0 Å². The molecule has 0 saturated heterocycles. The van der Waals surface area contributed by atoms with E-state index in [0.717, 1.165) is 15.6 Å². The monoisotopic (exact) mass is 385 g/mol. The summed E-state index contributed by atoms with van der Waals surface area (Å²) in [6.07, 6.45) is 0. The largest absolute Gasteiger partial charge is 0.309 e. The minimum absolute atomic E-state index is 0.171. The summed E-state index contributed by atoms with van der Waals surface area (Å²) in [5, 5.41) is 3.19. The Labute approximate surface area is 129 Å². The van der Waals surface area contributed by atoms with Gasteiger partial charge in [-0.3, -0.25) is 0 Å². The first kappa shape index (κ1) is 14.7. The van der Waals surface area contributed by atoms with Crippen LogP contribution in [0.1, 0.15) is 22.7 Å².